The standard InChI is InChI=1S/C21H26N2O3S/c1-15-11-12-16(2)20(14-15)23(27(4,25)26)17(3)21(24)22-13-7-9-18-8-5-6-10-19(18)22/h5-6,8,10-12,14,17H,7,9,13H2,1-4H3/t17-/m1/s1. The van der Waals surface area contributed by atoms with Crippen molar-refractivity contribution in [1.82, 2.24) is 0 Å². The Morgan fingerprint density at radius 3 is 2.56 bits per heavy atom. The second-order valence-corrected chi connectivity index (χ2v) is 9.11. The molecule has 0 spiro atoms. The number of amides is 1. The number of aryl methyl sites for hydroxylation is 3. The zero-order valence-electron chi connectivity index (χ0n) is 16.3. The second kappa shape index (κ2) is 7.35. The highest BCUT2D eigenvalue weighted by molar-refractivity contribution is 7.92. The molecule has 1 aliphatic heterocycles. The normalized spacial score (nSPS) is 15.2. The lowest BCUT2D eigenvalue weighted by atomic mass is 10.0. The smallest absolute Gasteiger partial charge is 0.250 e. The van der Waals surface area contributed by atoms with E-state index in [-0.39, 0.29) is 5.91 Å². The Balaban J connectivity index is 2.02. The molecule has 144 valence electrons. The predicted octanol–water partition coefficient (Wildman–Crippen LogP) is 3.44. The molecule has 5 nitrogen and oxygen atoms in total. The lowest BCUT2D eigenvalue weighted by Crippen LogP contribution is -2.51. The van der Waals surface area contributed by atoms with Crippen molar-refractivity contribution >= 4 is 27.3 Å². The first kappa shape index (κ1) is 19.4. The van der Waals surface area contributed by atoms with Crippen LogP contribution in [0.4, 0.5) is 11.4 Å². The van der Waals surface area contributed by atoms with Gasteiger partial charge in [0.1, 0.15) is 6.04 Å². The van der Waals surface area contributed by atoms with Gasteiger partial charge in [0, 0.05) is 12.2 Å². The highest BCUT2D eigenvalue weighted by Gasteiger charge is 2.34. The molecule has 0 fully saturated rings. The maximum Gasteiger partial charge on any atom is 0.250 e. The Morgan fingerprint density at radius 2 is 1.85 bits per heavy atom. The van der Waals surface area contributed by atoms with E-state index >= 15 is 0 Å². The molecular weight excluding hydrogens is 360 g/mol. The van der Waals surface area contributed by atoms with Crippen LogP contribution in [0.5, 0.6) is 0 Å². The topological polar surface area (TPSA) is 57.7 Å². The van der Waals surface area contributed by atoms with Gasteiger partial charge in [0.05, 0.1) is 11.9 Å². The predicted molar refractivity (Wildman–Crippen MR) is 110 cm³/mol. The van der Waals surface area contributed by atoms with Crippen LogP contribution < -0.4 is 9.21 Å². The largest absolute Gasteiger partial charge is 0.310 e. The number of hydrogen-bond donors (Lipinski definition) is 0. The van der Waals surface area contributed by atoms with Crippen molar-refractivity contribution in [3.05, 3.63) is 59.2 Å². The van der Waals surface area contributed by atoms with Crippen molar-refractivity contribution < 1.29 is 13.2 Å². The molecule has 1 heterocycles. The minimum atomic E-state index is -3.63. The zero-order valence-corrected chi connectivity index (χ0v) is 17.1. The lowest BCUT2D eigenvalue weighted by Gasteiger charge is -2.36. The Kier molecular flexibility index (Phi) is 5.29. The number of carbonyl (C=O) groups excluding carboxylic acids is 1. The molecule has 0 radical (unpaired) electrons. The summed E-state index contributed by atoms with van der Waals surface area (Å²) in [5.74, 6) is -0.200. The van der Waals surface area contributed by atoms with Crippen LogP contribution in [-0.2, 0) is 21.2 Å². The lowest BCUT2D eigenvalue weighted by molar-refractivity contribution is -0.119. The SMILES string of the molecule is Cc1ccc(C)c(N([C@H](C)C(=O)N2CCCc3ccccc32)S(C)(=O)=O)c1. The van der Waals surface area contributed by atoms with Crippen molar-refractivity contribution in [1.29, 1.82) is 0 Å². The van der Waals surface area contributed by atoms with Gasteiger partial charge in [-0.2, -0.15) is 0 Å². The Morgan fingerprint density at radius 1 is 1.15 bits per heavy atom. The molecule has 3 rings (SSSR count). The number of sulfonamides is 1. The fourth-order valence-corrected chi connectivity index (χ4v) is 4.94. The minimum absolute atomic E-state index is 0.200. The maximum atomic E-state index is 13.3. The van der Waals surface area contributed by atoms with Gasteiger partial charge in [0.2, 0.25) is 10.0 Å². The van der Waals surface area contributed by atoms with Gasteiger partial charge < -0.3 is 4.90 Å². The van der Waals surface area contributed by atoms with E-state index in [9.17, 15) is 13.2 Å². The number of para-hydroxylation sites is 1. The van der Waals surface area contributed by atoms with Crippen molar-refractivity contribution in [3.8, 4) is 0 Å². The summed E-state index contributed by atoms with van der Waals surface area (Å²) < 4.78 is 26.5. The summed E-state index contributed by atoms with van der Waals surface area (Å²) in [5.41, 5.74) is 4.34. The summed E-state index contributed by atoms with van der Waals surface area (Å²) in [5, 5.41) is 0. The summed E-state index contributed by atoms with van der Waals surface area (Å²) in [4.78, 5) is 15.1. The molecule has 0 saturated heterocycles. The quantitative estimate of drug-likeness (QED) is 0.809. The first-order valence-electron chi connectivity index (χ1n) is 9.16. The van der Waals surface area contributed by atoms with Gasteiger partial charge in [-0.25, -0.2) is 8.42 Å². The first-order valence-corrected chi connectivity index (χ1v) is 11.0. The van der Waals surface area contributed by atoms with Gasteiger partial charge in [-0.3, -0.25) is 9.10 Å². The Hall–Kier alpha value is -2.34. The van der Waals surface area contributed by atoms with Gasteiger partial charge in [-0.05, 0) is 62.4 Å². The first-order chi connectivity index (χ1) is 12.7. The zero-order chi connectivity index (χ0) is 19.8. The number of fused-ring (bicyclic) bond motifs is 1. The van der Waals surface area contributed by atoms with Crippen LogP contribution in [0.1, 0.15) is 30.0 Å². The van der Waals surface area contributed by atoms with Crippen LogP contribution in [-0.4, -0.2) is 33.2 Å². The molecule has 27 heavy (non-hydrogen) atoms. The van der Waals surface area contributed by atoms with Crippen LogP contribution in [0, 0.1) is 13.8 Å². The van der Waals surface area contributed by atoms with Crippen LogP contribution in [0.15, 0.2) is 42.5 Å². The number of benzene rings is 2. The van der Waals surface area contributed by atoms with E-state index in [1.54, 1.807) is 11.8 Å². The number of nitrogens with zero attached hydrogens (tertiary/aromatic N) is 2. The molecule has 0 unspecified atom stereocenters. The van der Waals surface area contributed by atoms with Gasteiger partial charge in [0.15, 0.2) is 0 Å². The monoisotopic (exact) mass is 386 g/mol. The van der Waals surface area contributed by atoms with E-state index in [0.29, 0.717) is 12.2 Å². The summed E-state index contributed by atoms with van der Waals surface area (Å²) in [6.07, 6.45) is 2.96. The second-order valence-electron chi connectivity index (χ2n) is 7.25. The van der Waals surface area contributed by atoms with Gasteiger partial charge >= 0.3 is 0 Å². The molecule has 1 atom stereocenters. The molecule has 0 bridgehead atoms. The van der Waals surface area contributed by atoms with E-state index in [0.717, 1.165) is 41.5 Å². The van der Waals surface area contributed by atoms with E-state index < -0.39 is 16.1 Å². The van der Waals surface area contributed by atoms with Crippen LogP contribution in [0.2, 0.25) is 0 Å². The fraction of sp³-hybridized carbons (Fsp3) is 0.381. The van der Waals surface area contributed by atoms with E-state index in [1.165, 1.54) is 4.31 Å². The summed E-state index contributed by atoms with van der Waals surface area (Å²) >= 11 is 0. The molecule has 0 saturated carbocycles. The molecule has 1 aliphatic rings. The highest BCUT2D eigenvalue weighted by Crippen LogP contribution is 2.31. The molecular formula is C21H26N2O3S. The highest BCUT2D eigenvalue weighted by atomic mass is 32.2. The van der Waals surface area contributed by atoms with Crippen LogP contribution in [0.25, 0.3) is 0 Å². The third-order valence-corrected chi connectivity index (χ3v) is 6.27. The fourth-order valence-electron chi connectivity index (χ4n) is 3.72. The van der Waals surface area contributed by atoms with E-state index in [2.05, 4.69) is 0 Å². The van der Waals surface area contributed by atoms with Gasteiger partial charge in [-0.15, -0.1) is 0 Å². The van der Waals surface area contributed by atoms with Gasteiger partial charge in [-0.1, -0.05) is 30.3 Å². The molecule has 2 aromatic rings. The molecule has 0 N–H and O–H groups in total. The number of hydrogen-bond acceptors (Lipinski definition) is 3. The van der Waals surface area contributed by atoms with Crippen molar-refractivity contribution in [3.63, 3.8) is 0 Å². The number of rotatable bonds is 4. The van der Waals surface area contributed by atoms with Crippen molar-refractivity contribution in [2.24, 2.45) is 0 Å². The third kappa shape index (κ3) is 3.86. The van der Waals surface area contributed by atoms with Gasteiger partial charge in [0.25, 0.3) is 5.91 Å². The maximum absolute atomic E-state index is 13.3. The van der Waals surface area contributed by atoms with Crippen molar-refractivity contribution in [2.75, 3.05) is 22.0 Å². The molecule has 6 heteroatoms. The van der Waals surface area contributed by atoms with Crippen LogP contribution in [0.3, 0.4) is 0 Å². The van der Waals surface area contributed by atoms with E-state index in [4.69, 9.17) is 0 Å². The molecule has 0 aromatic heterocycles. The number of anilines is 2. The minimum Gasteiger partial charge on any atom is -0.310 e. The van der Waals surface area contributed by atoms with E-state index in [1.807, 2.05) is 56.3 Å². The third-order valence-electron chi connectivity index (χ3n) is 5.04. The Labute approximate surface area is 161 Å². The summed E-state index contributed by atoms with van der Waals surface area (Å²) in [6.45, 7) is 6.05. The molecule has 0 aliphatic carbocycles. The van der Waals surface area contributed by atoms with Crippen LogP contribution >= 0.6 is 0 Å². The van der Waals surface area contributed by atoms with Crippen molar-refractivity contribution in [2.45, 2.75) is 39.7 Å². The summed E-state index contributed by atoms with van der Waals surface area (Å²) in [7, 11) is -3.63. The number of carbonyl (C=O) groups is 1. The molecule has 2 aromatic carbocycles. The average Bonchev–Trinajstić information content (AvgIpc) is 2.62. The average molecular weight is 387 g/mol. The Bertz CT molecular complexity index is 969. The molecule has 1 amide bonds. The summed E-state index contributed by atoms with van der Waals surface area (Å²) in [6, 6.07) is 12.7.